The molecule has 1 aliphatic rings. The van der Waals surface area contributed by atoms with Gasteiger partial charge >= 0.3 is 0 Å². The number of hydrogen-bond acceptors (Lipinski definition) is 7. The highest BCUT2D eigenvalue weighted by molar-refractivity contribution is 6.05. The zero-order valence-corrected chi connectivity index (χ0v) is 16.3. The average Bonchev–Trinajstić information content (AvgIpc) is 3.34. The first kappa shape index (κ1) is 19.5. The zero-order chi connectivity index (χ0) is 20.9. The van der Waals surface area contributed by atoms with Gasteiger partial charge in [-0.3, -0.25) is 9.59 Å². The van der Waals surface area contributed by atoms with E-state index in [1.807, 2.05) is 0 Å². The highest BCUT2D eigenvalue weighted by atomic mass is 16.5. The van der Waals surface area contributed by atoms with Crippen LogP contribution in [0.4, 0.5) is 5.69 Å². The molecule has 1 aromatic heterocycles. The second-order valence-corrected chi connectivity index (χ2v) is 6.61. The predicted molar refractivity (Wildman–Crippen MR) is 107 cm³/mol. The van der Waals surface area contributed by atoms with Crippen molar-refractivity contribution < 1.29 is 19.1 Å². The van der Waals surface area contributed by atoms with Crippen LogP contribution in [0, 0.1) is 0 Å². The number of nitrogens with one attached hydrogen (secondary N) is 1. The van der Waals surface area contributed by atoms with Crippen molar-refractivity contribution in [1.29, 1.82) is 0 Å². The first-order chi connectivity index (χ1) is 14.6. The van der Waals surface area contributed by atoms with Crippen molar-refractivity contribution in [2.45, 2.75) is 0 Å². The standard InChI is InChI=1S/C20H20N6O4/c1-29-18-11-16(10-17(12-18)26-13-21-23-24-26)22-19(27)14-2-4-15(5-3-14)20(28)25-6-8-30-9-7-25/h2-5,10-13H,6-9H2,1H3,(H,22,27). The highest BCUT2D eigenvalue weighted by Crippen LogP contribution is 2.23. The number of rotatable bonds is 5. The minimum atomic E-state index is -0.309. The molecule has 0 radical (unpaired) electrons. The van der Waals surface area contributed by atoms with Crippen LogP contribution in [0.15, 0.2) is 48.8 Å². The molecule has 1 aliphatic heterocycles. The van der Waals surface area contributed by atoms with Crippen LogP contribution in [0.25, 0.3) is 5.69 Å². The summed E-state index contributed by atoms with van der Waals surface area (Å²) in [7, 11) is 1.54. The number of tetrazole rings is 1. The first-order valence-corrected chi connectivity index (χ1v) is 9.35. The van der Waals surface area contributed by atoms with E-state index in [4.69, 9.17) is 9.47 Å². The maximum atomic E-state index is 12.7. The van der Waals surface area contributed by atoms with Gasteiger partial charge in [0.1, 0.15) is 12.1 Å². The highest BCUT2D eigenvalue weighted by Gasteiger charge is 2.19. The molecule has 30 heavy (non-hydrogen) atoms. The van der Waals surface area contributed by atoms with Gasteiger partial charge in [-0.15, -0.1) is 5.10 Å². The van der Waals surface area contributed by atoms with E-state index in [1.54, 1.807) is 47.4 Å². The number of hydrogen-bond donors (Lipinski definition) is 1. The summed E-state index contributed by atoms with van der Waals surface area (Å²) in [5, 5.41) is 13.9. The summed E-state index contributed by atoms with van der Waals surface area (Å²) in [6.07, 6.45) is 1.45. The molecule has 10 heteroatoms. The molecule has 0 unspecified atom stereocenters. The third kappa shape index (κ3) is 4.28. The summed E-state index contributed by atoms with van der Waals surface area (Å²) >= 11 is 0. The second-order valence-electron chi connectivity index (χ2n) is 6.61. The van der Waals surface area contributed by atoms with Crippen LogP contribution in [-0.2, 0) is 4.74 Å². The normalized spacial score (nSPS) is 13.7. The lowest BCUT2D eigenvalue weighted by Crippen LogP contribution is -2.40. The summed E-state index contributed by atoms with van der Waals surface area (Å²) in [4.78, 5) is 27.0. The van der Waals surface area contributed by atoms with E-state index in [9.17, 15) is 9.59 Å². The van der Waals surface area contributed by atoms with Crippen molar-refractivity contribution >= 4 is 17.5 Å². The summed E-state index contributed by atoms with van der Waals surface area (Å²) in [5.41, 5.74) is 2.13. The summed E-state index contributed by atoms with van der Waals surface area (Å²) in [6.45, 7) is 2.22. The molecule has 0 atom stereocenters. The third-order valence-electron chi connectivity index (χ3n) is 4.69. The van der Waals surface area contributed by atoms with Gasteiger partial charge in [-0.2, -0.15) is 0 Å². The fourth-order valence-electron chi connectivity index (χ4n) is 3.10. The van der Waals surface area contributed by atoms with Crippen LogP contribution in [0.5, 0.6) is 5.75 Å². The molecule has 2 aromatic carbocycles. The largest absolute Gasteiger partial charge is 0.497 e. The van der Waals surface area contributed by atoms with E-state index in [0.29, 0.717) is 54.6 Å². The molecule has 2 heterocycles. The zero-order valence-electron chi connectivity index (χ0n) is 16.3. The van der Waals surface area contributed by atoms with Crippen LogP contribution in [0.1, 0.15) is 20.7 Å². The van der Waals surface area contributed by atoms with Crippen molar-refractivity contribution in [3.05, 3.63) is 59.9 Å². The lowest BCUT2D eigenvalue weighted by Gasteiger charge is -2.26. The van der Waals surface area contributed by atoms with Crippen molar-refractivity contribution in [1.82, 2.24) is 25.1 Å². The Kier molecular flexibility index (Phi) is 5.66. The monoisotopic (exact) mass is 408 g/mol. The summed E-state index contributed by atoms with van der Waals surface area (Å²) in [6, 6.07) is 11.7. The molecular weight excluding hydrogens is 388 g/mol. The van der Waals surface area contributed by atoms with Gasteiger partial charge in [0.25, 0.3) is 11.8 Å². The number of carbonyl (C=O) groups excluding carboxylic acids is 2. The van der Waals surface area contributed by atoms with Crippen molar-refractivity contribution in [2.75, 3.05) is 38.7 Å². The third-order valence-corrected chi connectivity index (χ3v) is 4.69. The number of morpholine rings is 1. The number of anilines is 1. The van der Waals surface area contributed by atoms with E-state index < -0.39 is 0 Å². The molecular formula is C20H20N6O4. The van der Waals surface area contributed by atoms with Gasteiger partial charge in [0, 0.05) is 42.0 Å². The molecule has 3 aromatic rings. The van der Waals surface area contributed by atoms with Crippen LogP contribution in [-0.4, -0.2) is 70.3 Å². The van der Waals surface area contributed by atoms with E-state index in [-0.39, 0.29) is 11.8 Å². The van der Waals surface area contributed by atoms with Gasteiger partial charge in [0.05, 0.1) is 26.0 Å². The van der Waals surface area contributed by atoms with E-state index in [2.05, 4.69) is 20.8 Å². The topological polar surface area (TPSA) is 111 Å². The first-order valence-electron chi connectivity index (χ1n) is 9.35. The Morgan fingerprint density at radius 3 is 2.47 bits per heavy atom. The number of amides is 2. The lowest BCUT2D eigenvalue weighted by molar-refractivity contribution is 0.0303. The van der Waals surface area contributed by atoms with Crippen LogP contribution in [0.3, 0.4) is 0 Å². The fourth-order valence-corrected chi connectivity index (χ4v) is 3.10. The minimum absolute atomic E-state index is 0.0656. The lowest BCUT2D eigenvalue weighted by atomic mass is 10.1. The Morgan fingerprint density at radius 2 is 1.80 bits per heavy atom. The van der Waals surface area contributed by atoms with E-state index in [0.717, 1.165) is 0 Å². The Balaban J connectivity index is 1.48. The molecule has 4 rings (SSSR count). The van der Waals surface area contributed by atoms with Gasteiger partial charge in [0.15, 0.2) is 0 Å². The van der Waals surface area contributed by atoms with Gasteiger partial charge in [-0.05, 0) is 40.8 Å². The molecule has 0 bridgehead atoms. The van der Waals surface area contributed by atoms with Gasteiger partial charge in [-0.25, -0.2) is 4.68 Å². The van der Waals surface area contributed by atoms with Crippen molar-refractivity contribution in [3.8, 4) is 11.4 Å². The molecule has 154 valence electrons. The molecule has 1 N–H and O–H groups in total. The molecule has 10 nitrogen and oxygen atoms in total. The maximum absolute atomic E-state index is 12.7. The maximum Gasteiger partial charge on any atom is 0.255 e. The van der Waals surface area contributed by atoms with Crippen molar-refractivity contribution in [2.24, 2.45) is 0 Å². The van der Waals surface area contributed by atoms with Crippen LogP contribution >= 0.6 is 0 Å². The number of aromatic nitrogens is 4. The summed E-state index contributed by atoms with van der Waals surface area (Å²) in [5.74, 6) is 0.171. The Bertz CT molecular complexity index is 1030. The minimum Gasteiger partial charge on any atom is -0.497 e. The quantitative estimate of drug-likeness (QED) is 0.679. The van der Waals surface area contributed by atoms with Crippen LogP contribution in [0.2, 0.25) is 0 Å². The molecule has 0 aliphatic carbocycles. The van der Waals surface area contributed by atoms with Crippen molar-refractivity contribution in [3.63, 3.8) is 0 Å². The molecule has 1 saturated heterocycles. The number of carbonyl (C=O) groups is 2. The molecule has 1 fully saturated rings. The number of ether oxygens (including phenoxy) is 2. The number of nitrogens with zero attached hydrogens (tertiary/aromatic N) is 5. The Morgan fingerprint density at radius 1 is 1.07 bits per heavy atom. The second kappa shape index (κ2) is 8.70. The average molecular weight is 408 g/mol. The Labute approximate surface area is 172 Å². The van der Waals surface area contributed by atoms with E-state index in [1.165, 1.54) is 18.1 Å². The SMILES string of the molecule is COc1cc(NC(=O)c2ccc(C(=O)N3CCOCC3)cc2)cc(-n2cnnn2)c1. The number of methoxy groups -OCH3 is 1. The van der Waals surface area contributed by atoms with Crippen LogP contribution < -0.4 is 10.1 Å². The summed E-state index contributed by atoms with van der Waals surface area (Å²) < 4.78 is 12.0. The molecule has 0 spiro atoms. The number of benzene rings is 2. The predicted octanol–water partition coefficient (Wildman–Crippen LogP) is 1.40. The van der Waals surface area contributed by atoms with E-state index >= 15 is 0 Å². The van der Waals surface area contributed by atoms with Gasteiger partial charge in [0.2, 0.25) is 0 Å². The van der Waals surface area contributed by atoms with Gasteiger partial charge < -0.3 is 19.7 Å². The molecule has 0 saturated carbocycles. The fraction of sp³-hybridized carbons (Fsp3) is 0.250. The van der Waals surface area contributed by atoms with Gasteiger partial charge in [-0.1, -0.05) is 0 Å². The Hall–Kier alpha value is -3.79. The smallest absolute Gasteiger partial charge is 0.255 e. The molecule has 2 amide bonds.